The van der Waals surface area contributed by atoms with Crippen molar-refractivity contribution in [1.82, 2.24) is 15.0 Å². The lowest BCUT2D eigenvalue weighted by Gasteiger charge is -2.14. The zero-order chi connectivity index (χ0) is 15.3. The van der Waals surface area contributed by atoms with E-state index in [2.05, 4.69) is 20.3 Å². The monoisotopic (exact) mass is 291 g/mol. The van der Waals surface area contributed by atoms with E-state index in [1.807, 2.05) is 30.3 Å². The van der Waals surface area contributed by atoms with Crippen LogP contribution in [0.5, 0.6) is 5.75 Å². The van der Waals surface area contributed by atoms with Crippen molar-refractivity contribution in [1.29, 1.82) is 0 Å². The molecule has 21 heavy (non-hydrogen) atoms. The van der Waals surface area contributed by atoms with Crippen molar-refractivity contribution in [2.75, 3.05) is 24.2 Å². The molecule has 0 aliphatic carbocycles. The highest BCUT2D eigenvalue weighted by atomic mass is 19.1. The maximum atomic E-state index is 13.8. The third-order valence-corrected chi connectivity index (χ3v) is 2.58. The number of benzene rings is 1. The van der Waals surface area contributed by atoms with Gasteiger partial charge in [-0.2, -0.15) is 15.0 Å². The first-order chi connectivity index (χ1) is 9.95. The molecule has 0 saturated heterocycles. The van der Waals surface area contributed by atoms with Crippen LogP contribution in [0.4, 0.5) is 16.3 Å². The van der Waals surface area contributed by atoms with Crippen molar-refractivity contribution >= 4 is 11.9 Å². The molecule has 0 unspecified atom stereocenters. The summed E-state index contributed by atoms with van der Waals surface area (Å²) >= 11 is 0. The fourth-order valence-electron chi connectivity index (χ4n) is 1.59. The molecule has 2 aromatic rings. The number of nitrogens with zero attached hydrogens (tertiary/aromatic N) is 3. The van der Waals surface area contributed by atoms with Crippen LogP contribution in [-0.4, -0.2) is 28.1 Å². The van der Waals surface area contributed by atoms with E-state index in [9.17, 15) is 4.39 Å². The Morgan fingerprint density at radius 2 is 1.90 bits per heavy atom. The summed E-state index contributed by atoms with van der Waals surface area (Å²) in [5.41, 5.74) is 3.88. The summed E-state index contributed by atoms with van der Waals surface area (Å²) in [6, 6.07) is 9.43. The Hall–Kier alpha value is -2.44. The van der Waals surface area contributed by atoms with Gasteiger partial charge < -0.3 is 15.8 Å². The number of rotatable bonds is 6. The van der Waals surface area contributed by atoms with Crippen molar-refractivity contribution in [3.8, 4) is 5.75 Å². The van der Waals surface area contributed by atoms with Gasteiger partial charge in [0.1, 0.15) is 12.4 Å². The molecule has 0 amide bonds. The van der Waals surface area contributed by atoms with Crippen LogP contribution in [0.1, 0.15) is 19.7 Å². The summed E-state index contributed by atoms with van der Waals surface area (Å²) in [7, 11) is 0. The second-order valence-corrected chi connectivity index (χ2v) is 4.90. The summed E-state index contributed by atoms with van der Waals surface area (Å²) in [6.07, 6.45) is 0. The van der Waals surface area contributed by atoms with Gasteiger partial charge in [0.2, 0.25) is 11.9 Å². The van der Waals surface area contributed by atoms with E-state index in [4.69, 9.17) is 10.5 Å². The van der Waals surface area contributed by atoms with E-state index in [1.165, 1.54) is 13.8 Å². The standard InChI is InChI=1S/C14H18FN5O/c1-14(2,15)11-18-12(16)20-13(19-11)17-8-9-21-10-6-4-3-5-7-10/h3-7H,8-9H2,1-2H3,(H3,16,17,18,19,20). The minimum atomic E-state index is -1.67. The fraction of sp³-hybridized carbons (Fsp3) is 0.357. The highest BCUT2D eigenvalue weighted by molar-refractivity contribution is 5.32. The molecule has 0 spiro atoms. The summed E-state index contributed by atoms with van der Waals surface area (Å²) in [5, 5.41) is 2.93. The van der Waals surface area contributed by atoms with Crippen molar-refractivity contribution < 1.29 is 9.13 Å². The average molecular weight is 291 g/mol. The number of halogens is 1. The number of para-hydroxylation sites is 1. The smallest absolute Gasteiger partial charge is 0.227 e. The SMILES string of the molecule is CC(C)(F)c1nc(N)nc(NCCOc2ccccc2)n1. The molecular weight excluding hydrogens is 273 g/mol. The van der Waals surface area contributed by atoms with Crippen molar-refractivity contribution in [3.63, 3.8) is 0 Å². The maximum Gasteiger partial charge on any atom is 0.227 e. The van der Waals surface area contributed by atoms with Crippen LogP contribution in [0.3, 0.4) is 0 Å². The lowest BCUT2D eigenvalue weighted by atomic mass is 10.1. The lowest BCUT2D eigenvalue weighted by molar-refractivity contribution is 0.206. The van der Waals surface area contributed by atoms with E-state index in [0.29, 0.717) is 13.2 Å². The first-order valence-corrected chi connectivity index (χ1v) is 6.58. The fourth-order valence-corrected chi connectivity index (χ4v) is 1.59. The minimum absolute atomic E-state index is 0.00137. The molecule has 7 heteroatoms. The van der Waals surface area contributed by atoms with Crippen LogP contribution in [0.15, 0.2) is 30.3 Å². The molecule has 0 aliphatic rings. The van der Waals surface area contributed by atoms with Gasteiger partial charge in [-0.1, -0.05) is 18.2 Å². The Balaban J connectivity index is 1.90. The van der Waals surface area contributed by atoms with E-state index in [0.717, 1.165) is 5.75 Å². The van der Waals surface area contributed by atoms with Gasteiger partial charge in [-0.3, -0.25) is 0 Å². The predicted octanol–water partition coefficient (Wildman–Crippen LogP) is 2.15. The molecular formula is C14H18FN5O. The Labute approximate surface area is 122 Å². The van der Waals surface area contributed by atoms with Crippen molar-refractivity contribution in [2.45, 2.75) is 19.5 Å². The van der Waals surface area contributed by atoms with Crippen molar-refractivity contribution in [3.05, 3.63) is 36.2 Å². The quantitative estimate of drug-likeness (QED) is 0.793. The van der Waals surface area contributed by atoms with Crippen LogP contribution in [0.2, 0.25) is 0 Å². The molecule has 0 saturated carbocycles. The van der Waals surface area contributed by atoms with E-state index >= 15 is 0 Å². The van der Waals surface area contributed by atoms with Gasteiger partial charge in [-0.25, -0.2) is 4.39 Å². The Morgan fingerprint density at radius 3 is 2.57 bits per heavy atom. The van der Waals surface area contributed by atoms with Crippen LogP contribution < -0.4 is 15.8 Å². The lowest BCUT2D eigenvalue weighted by Crippen LogP contribution is -2.20. The molecule has 1 heterocycles. The molecule has 6 nitrogen and oxygen atoms in total. The van der Waals surface area contributed by atoms with Gasteiger partial charge in [-0.05, 0) is 26.0 Å². The number of alkyl halides is 1. The number of anilines is 2. The Morgan fingerprint density at radius 1 is 1.19 bits per heavy atom. The largest absolute Gasteiger partial charge is 0.492 e. The second-order valence-electron chi connectivity index (χ2n) is 4.90. The van der Waals surface area contributed by atoms with E-state index < -0.39 is 5.67 Å². The van der Waals surface area contributed by atoms with E-state index in [-0.39, 0.29) is 17.7 Å². The molecule has 1 aromatic carbocycles. The molecule has 0 fully saturated rings. The number of ether oxygens (including phenoxy) is 1. The molecule has 112 valence electrons. The summed E-state index contributed by atoms with van der Waals surface area (Å²) in [5.74, 6) is 0.999. The zero-order valence-corrected chi connectivity index (χ0v) is 12.0. The molecule has 2 rings (SSSR count). The number of nitrogen functional groups attached to an aromatic ring is 1. The number of hydrogen-bond donors (Lipinski definition) is 2. The van der Waals surface area contributed by atoms with Crippen LogP contribution >= 0.6 is 0 Å². The average Bonchev–Trinajstić information content (AvgIpc) is 2.43. The number of nitrogens with two attached hydrogens (primary N) is 1. The topological polar surface area (TPSA) is 86.0 Å². The summed E-state index contributed by atoms with van der Waals surface area (Å²) in [4.78, 5) is 11.7. The molecule has 1 aromatic heterocycles. The van der Waals surface area contributed by atoms with Gasteiger partial charge in [-0.15, -0.1) is 0 Å². The maximum absolute atomic E-state index is 13.8. The zero-order valence-electron chi connectivity index (χ0n) is 12.0. The van der Waals surface area contributed by atoms with Gasteiger partial charge in [0.05, 0.1) is 6.54 Å². The van der Waals surface area contributed by atoms with Crippen LogP contribution in [0, 0.1) is 0 Å². The highest BCUT2D eigenvalue weighted by Gasteiger charge is 2.24. The summed E-state index contributed by atoms with van der Waals surface area (Å²) in [6.45, 7) is 3.61. The van der Waals surface area contributed by atoms with Gasteiger partial charge in [0.15, 0.2) is 11.5 Å². The third kappa shape index (κ3) is 4.55. The molecule has 0 atom stereocenters. The number of nitrogens with one attached hydrogen (secondary N) is 1. The normalized spacial score (nSPS) is 11.2. The number of hydrogen-bond acceptors (Lipinski definition) is 6. The first-order valence-electron chi connectivity index (χ1n) is 6.58. The molecule has 0 radical (unpaired) electrons. The second kappa shape index (κ2) is 6.34. The van der Waals surface area contributed by atoms with E-state index in [1.54, 1.807) is 0 Å². The Bertz CT molecular complexity index is 586. The predicted molar refractivity (Wildman–Crippen MR) is 78.8 cm³/mol. The number of aromatic nitrogens is 3. The highest BCUT2D eigenvalue weighted by Crippen LogP contribution is 2.21. The minimum Gasteiger partial charge on any atom is -0.492 e. The van der Waals surface area contributed by atoms with Gasteiger partial charge in [0.25, 0.3) is 0 Å². The Kier molecular flexibility index (Phi) is 4.52. The first kappa shape index (κ1) is 15.0. The van der Waals surface area contributed by atoms with Crippen LogP contribution in [0.25, 0.3) is 0 Å². The molecule has 3 N–H and O–H groups in total. The summed E-state index contributed by atoms with van der Waals surface area (Å²) < 4.78 is 19.3. The molecule has 0 aliphatic heterocycles. The van der Waals surface area contributed by atoms with Crippen LogP contribution in [-0.2, 0) is 5.67 Å². The van der Waals surface area contributed by atoms with Crippen molar-refractivity contribution in [2.24, 2.45) is 0 Å². The van der Waals surface area contributed by atoms with Gasteiger partial charge >= 0.3 is 0 Å². The van der Waals surface area contributed by atoms with Gasteiger partial charge in [0, 0.05) is 0 Å². The third-order valence-electron chi connectivity index (χ3n) is 2.58. The molecule has 0 bridgehead atoms.